The molecule has 1 aliphatic heterocycles. The number of rotatable bonds is 12. The van der Waals surface area contributed by atoms with Crippen LogP contribution in [0.25, 0.3) is 6.08 Å². The van der Waals surface area contributed by atoms with Crippen molar-refractivity contribution in [3.63, 3.8) is 0 Å². The molecule has 1 aromatic heterocycles. The highest BCUT2D eigenvalue weighted by molar-refractivity contribution is 8.00. The minimum absolute atomic E-state index is 0.0119. The Bertz CT molecular complexity index is 2360. The molecule has 14 heteroatoms. The van der Waals surface area contributed by atoms with E-state index in [0.29, 0.717) is 51.0 Å². The number of amides is 4. The molecular weight excluding hydrogens is 789 g/mol. The van der Waals surface area contributed by atoms with Crippen LogP contribution in [-0.2, 0) is 32.0 Å². The average Bonchev–Trinajstić information content (AvgIpc) is 3.59. The topological polar surface area (TPSA) is 152 Å². The second kappa shape index (κ2) is 18.9. The molecule has 6 rings (SSSR count). The van der Waals surface area contributed by atoms with Crippen LogP contribution in [0.1, 0.15) is 68.3 Å². The number of thiophene rings is 1. The Balaban J connectivity index is 1.24. The lowest BCUT2D eigenvalue weighted by Crippen LogP contribution is -2.39. The third kappa shape index (κ3) is 11.0. The van der Waals surface area contributed by atoms with Crippen LogP contribution in [0.2, 0.25) is 0 Å². The van der Waals surface area contributed by atoms with Crippen molar-refractivity contribution >= 4 is 69.6 Å². The molecule has 1 atom stereocenters. The van der Waals surface area contributed by atoms with Gasteiger partial charge in [-0.05, 0) is 92.4 Å². The second-order valence-electron chi connectivity index (χ2n) is 14.4. The van der Waals surface area contributed by atoms with Gasteiger partial charge in [-0.2, -0.15) is 0 Å². The van der Waals surface area contributed by atoms with Crippen LogP contribution >= 0.6 is 23.1 Å². The third-order valence-electron chi connectivity index (χ3n) is 8.98. The Morgan fingerprint density at radius 1 is 0.847 bits per heavy atom. The summed E-state index contributed by atoms with van der Waals surface area (Å²) in [6.45, 7) is 5.96. The number of methoxy groups -OCH3 is 2. The SMILES string of the molecule is COC(=O)c1c(NC(=O)C(Sc2cccc(NC(=O)/C(=C\c3ccc(OC)cc3)NC(=O)c3ccccc3)c2)c2ccccc2)sc2c1CCN(C(=O)OC(C)(C)C)C2. The summed E-state index contributed by atoms with van der Waals surface area (Å²) < 4.78 is 16.0. The van der Waals surface area contributed by atoms with Gasteiger partial charge in [-0.25, -0.2) is 9.59 Å². The number of nitrogens with one attached hydrogen (secondary N) is 3. The van der Waals surface area contributed by atoms with Gasteiger partial charge in [0.05, 0.1) is 26.3 Å². The molecule has 59 heavy (non-hydrogen) atoms. The molecule has 1 aliphatic rings. The van der Waals surface area contributed by atoms with E-state index in [1.54, 1.807) is 112 Å². The summed E-state index contributed by atoms with van der Waals surface area (Å²) in [6, 6.07) is 31.9. The first-order chi connectivity index (χ1) is 28.3. The number of fused-ring (bicyclic) bond motifs is 1. The predicted octanol–water partition coefficient (Wildman–Crippen LogP) is 8.72. The molecule has 5 aromatic rings. The molecular formula is C45H44N4O8S2. The molecule has 0 spiro atoms. The lowest BCUT2D eigenvalue weighted by Gasteiger charge is -2.30. The van der Waals surface area contributed by atoms with Gasteiger partial charge < -0.3 is 35.1 Å². The van der Waals surface area contributed by atoms with E-state index in [-0.39, 0.29) is 17.8 Å². The number of nitrogens with zero attached hydrogens (tertiary/aromatic N) is 1. The number of benzene rings is 4. The monoisotopic (exact) mass is 832 g/mol. The van der Waals surface area contributed by atoms with Crippen LogP contribution < -0.4 is 20.7 Å². The summed E-state index contributed by atoms with van der Waals surface area (Å²) in [6.07, 6.45) is 1.50. The van der Waals surface area contributed by atoms with Crippen molar-refractivity contribution in [2.45, 2.75) is 49.5 Å². The van der Waals surface area contributed by atoms with Crippen molar-refractivity contribution < 1.29 is 38.2 Å². The van der Waals surface area contributed by atoms with Crippen molar-refractivity contribution in [1.29, 1.82) is 0 Å². The Morgan fingerprint density at radius 3 is 2.20 bits per heavy atom. The average molecular weight is 833 g/mol. The number of esters is 1. The minimum Gasteiger partial charge on any atom is -0.497 e. The summed E-state index contributed by atoms with van der Waals surface area (Å²) >= 11 is 2.49. The molecule has 4 amide bonds. The Labute approximate surface area is 350 Å². The minimum atomic E-state index is -0.791. The van der Waals surface area contributed by atoms with Crippen LogP contribution in [0.5, 0.6) is 5.75 Å². The van der Waals surface area contributed by atoms with E-state index in [9.17, 15) is 24.0 Å². The van der Waals surface area contributed by atoms with E-state index < -0.39 is 40.6 Å². The van der Waals surface area contributed by atoms with Crippen LogP contribution in [0.4, 0.5) is 15.5 Å². The Morgan fingerprint density at radius 2 is 1.54 bits per heavy atom. The fourth-order valence-electron chi connectivity index (χ4n) is 6.16. The Kier molecular flexibility index (Phi) is 13.5. The van der Waals surface area contributed by atoms with E-state index in [2.05, 4.69) is 16.0 Å². The highest BCUT2D eigenvalue weighted by Crippen LogP contribution is 2.41. The van der Waals surface area contributed by atoms with Crippen molar-refractivity contribution in [1.82, 2.24) is 10.2 Å². The number of anilines is 2. The largest absolute Gasteiger partial charge is 0.497 e. The van der Waals surface area contributed by atoms with Crippen LogP contribution in [0.15, 0.2) is 120 Å². The summed E-state index contributed by atoms with van der Waals surface area (Å²) in [4.78, 5) is 70.4. The van der Waals surface area contributed by atoms with Gasteiger partial charge in [0, 0.05) is 27.6 Å². The van der Waals surface area contributed by atoms with E-state index in [0.717, 1.165) is 10.4 Å². The fraction of sp³-hybridized carbons (Fsp3) is 0.222. The molecule has 3 N–H and O–H groups in total. The van der Waals surface area contributed by atoms with E-state index in [1.807, 2.05) is 36.4 Å². The predicted molar refractivity (Wildman–Crippen MR) is 230 cm³/mol. The maximum Gasteiger partial charge on any atom is 0.410 e. The van der Waals surface area contributed by atoms with Crippen LogP contribution in [0.3, 0.4) is 0 Å². The van der Waals surface area contributed by atoms with E-state index in [1.165, 1.54) is 30.2 Å². The number of carbonyl (C=O) groups is 5. The smallest absolute Gasteiger partial charge is 0.410 e. The van der Waals surface area contributed by atoms with Crippen molar-refractivity contribution in [3.05, 3.63) is 148 Å². The fourth-order valence-corrected chi connectivity index (χ4v) is 8.50. The van der Waals surface area contributed by atoms with Gasteiger partial charge in [-0.15, -0.1) is 23.1 Å². The molecule has 0 aliphatic carbocycles. The van der Waals surface area contributed by atoms with E-state index in [4.69, 9.17) is 14.2 Å². The molecule has 0 fully saturated rings. The van der Waals surface area contributed by atoms with Gasteiger partial charge in [0.25, 0.3) is 11.8 Å². The normalized spacial score (nSPS) is 13.0. The quantitative estimate of drug-likeness (QED) is 0.0637. The molecule has 2 heterocycles. The summed E-state index contributed by atoms with van der Waals surface area (Å²) in [7, 11) is 2.85. The zero-order valence-corrected chi connectivity index (χ0v) is 34.8. The molecule has 12 nitrogen and oxygen atoms in total. The molecule has 0 saturated heterocycles. The zero-order chi connectivity index (χ0) is 42.1. The van der Waals surface area contributed by atoms with Crippen LogP contribution in [-0.4, -0.2) is 61.0 Å². The second-order valence-corrected chi connectivity index (χ2v) is 16.7. The number of hydrogen-bond donors (Lipinski definition) is 3. The zero-order valence-electron chi connectivity index (χ0n) is 33.2. The summed E-state index contributed by atoms with van der Waals surface area (Å²) in [5, 5.41) is 8.19. The van der Waals surface area contributed by atoms with E-state index >= 15 is 0 Å². The summed E-state index contributed by atoms with van der Waals surface area (Å²) in [5.41, 5.74) is 2.51. The highest BCUT2D eigenvalue weighted by atomic mass is 32.2. The van der Waals surface area contributed by atoms with Gasteiger partial charge in [0.15, 0.2) is 0 Å². The first-order valence-corrected chi connectivity index (χ1v) is 20.4. The third-order valence-corrected chi connectivity index (χ3v) is 11.4. The first kappa shape index (κ1) is 42.2. The maximum absolute atomic E-state index is 14.3. The number of thioether (sulfide) groups is 1. The van der Waals surface area contributed by atoms with Crippen LogP contribution in [0, 0.1) is 0 Å². The number of hydrogen-bond acceptors (Lipinski definition) is 10. The Hall–Kier alpha value is -6.38. The van der Waals surface area contributed by atoms with Crippen molar-refractivity contribution in [3.8, 4) is 5.75 Å². The van der Waals surface area contributed by atoms with Crippen molar-refractivity contribution in [2.24, 2.45) is 0 Å². The van der Waals surface area contributed by atoms with Crippen molar-refractivity contribution in [2.75, 3.05) is 31.4 Å². The maximum atomic E-state index is 14.3. The standard InChI is InChI=1S/C45H44N4O8S2/c1-45(2,3)57-44(54)49-24-23-34-36(27-49)59-42(37(34)43(53)56-5)48-41(52)38(29-13-8-6-9-14-29)58-33-18-12-17-31(26-33)46-40(51)35(25-28-19-21-32(55-4)22-20-28)47-39(50)30-15-10-7-11-16-30/h6-22,25-26,38H,23-24,27H2,1-5H3,(H,46,51)(H,47,50)(H,48,52)/b35-25+. The van der Waals surface area contributed by atoms with Gasteiger partial charge in [-0.1, -0.05) is 66.7 Å². The molecule has 0 saturated carbocycles. The molecule has 4 aromatic carbocycles. The molecule has 0 bridgehead atoms. The number of carbonyl (C=O) groups excluding carboxylic acids is 5. The first-order valence-electron chi connectivity index (χ1n) is 18.7. The highest BCUT2D eigenvalue weighted by Gasteiger charge is 2.34. The lowest BCUT2D eigenvalue weighted by atomic mass is 10.0. The lowest BCUT2D eigenvalue weighted by molar-refractivity contribution is -0.116. The molecule has 0 radical (unpaired) electrons. The molecule has 304 valence electrons. The van der Waals surface area contributed by atoms with Gasteiger partial charge in [-0.3, -0.25) is 14.4 Å². The number of ether oxygens (including phenoxy) is 3. The van der Waals surface area contributed by atoms with Gasteiger partial charge >= 0.3 is 12.1 Å². The molecule has 1 unspecified atom stereocenters. The summed E-state index contributed by atoms with van der Waals surface area (Å²) in [5.74, 6) is -1.35. The van der Waals surface area contributed by atoms with Gasteiger partial charge in [0.1, 0.15) is 27.3 Å². The van der Waals surface area contributed by atoms with Gasteiger partial charge in [0.2, 0.25) is 5.91 Å².